The summed E-state index contributed by atoms with van der Waals surface area (Å²) < 4.78 is 1.39. The zero-order chi connectivity index (χ0) is 21.4. The van der Waals surface area contributed by atoms with Crippen molar-refractivity contribution < 1.29 is 0 Å². The van der Waals surface area contributed by atoms with Crippen LogP contribution in [0.2, 0.25) is 0 Å². The van der Waals surface area contributed by atoms with Crippen LogP contribution < -0.4 is 5.69 Å². The number of nitrogens with zero attached hydrogens (tertiary/aromatic N) is 3. The normalized spacial score (nSPS) is 11.5. The average molecular weight is 413 g/mol. The molecule has 2 aromatic rings. The fourth-order valence-corrected chi connectivity index (χ4v) is 3.68. The van der Waals surface area contributed by atoms with Gasteiger partial charge in [-0.25, -0.2) is 9.89 Å². The third kappa shape index (κ3) is 9.55. The number of aromatic amines is 1. The van der Waals surface area contributed by atoms with E-state index in [-0.39, 0.29) is 5.69 Å². The number of H-pyrrole nitrogens is 1. The number of hydrogen-bond acceptors (Lipinski definition) is 3. The molecule has 0 spiro atoms. The molecule has 0 fully saturated rings. The summed E-state index contributed by atoms with van der Waals surface area (Å²) in [6, 6.07) is 8.06. The van der Waals surface area contributed by atoms with E-state index in [2.05, 4.69) is 29.1 Å². The van der Waals surface area contributed by atoms with Crippen LogP contribution in [0.15, 0.2) is 34.2 Å². The molecule has 0 aliphatic rings. The van der Waals surface area contributed by atoms with E-state index in [1.165, 1.54) is 87.3 Å². The van der Waals surface area contributed by atoms with Crippen LogP contribution in [-0.4, -0.2) is 21.1 Å². The Balaban J connectivity index is 1.57. The highest BCUT2D eigenvalue weighted by atomic mass is 16.2. The first-order valence-electron chi connectivity index (χ1n) is 12.0. The Bertz CT molecular complexity index is 773. The van der Waals surface area contributed by atoms with Crippen molar-refractivity contribution in [2.24, 2.45) is 5.10 Å². The molecule has 5 heteroatoms. The molecule has 1 N–H and O–H groups in total. The topological polar surface area (TPSA) is 63.0 Å². The Kier molecular flexibility index (Phi) is 11.9. The summed E-state index contributed by atoms with van der Waals surface area (Å²) in [5, 5.41) is 11.0. The van der Waals surface area contributed by atoms with Crippen LogP contribution in [0.4, 0.5) is 0 Å². The minimum absolute atomic E-state index is 0.275. The maximum atomic E-state index is 12.0. The zero-order valence-electron chi connectivity index (χ0n) is 19.0. The maximum absolute atomic E-state index is 12.0. The van der Waals surface area contributed by atoms with Gasteiger partial charge in [-0.15, -0.1) is 0 Å². The van der Waals surface area contributed by atoms with Crippen molar-refractivity contribution in [2.45, 2.75) is 104 Å². The molecule has 1 heterocycles. The van der Waals surface area contributed by atoms with E-state index in [1.807, 2.05) is 24.3 Å². The van der Waals surface area contributed by atoms with Crippen molar-refractivity contribution in [2.75, 3.05) is 0 Å². The predicted molar refractivity (Wildman–Crippen MR) is 126 cm³/mol. The molecular formula is C25H40N4O. The summed E-state index contributed by atoms with van der Waals surface area (Å²) in [5.74, 6) is 0.714. The predicted octanol–water partition coefficient (Wildman–Crippen LogP) is 6.40. The van der Waals surface area contributed by atoms with Gasteiger partial charge in [0.05, 0.1) is 6.21 Å². The van der Waals surface area contributed by atoms with E-state index in [0.717, 1.165) is 18.4 Å². The number of nitrogens with one attached hydrogen (secondary N) is 1. The smallest absolute Gasteiger partial charge is 0.244 e. The summed E-state index contributed by atoms with van der Waals surface area (Å²) in [5.41, 5.74) is 1.90. The van der Waals surface area contributed by atoms with Crippen LogP contribution in [0.5, 0.6) is 0 Å². The molecule has 1 aromatic heterocycles. The lowest BCUT2D eigenvalue weighted by atomic mass is 10.0. The monoisotopic (exact) mass is 412 g/mol. The van der Waals surface area contributed by atoms with Gasteiger partial charge in [0.15, 0.2) is 5.82 Å². The summed E-state index contributed by atoms with van der Waals surface area (Å²) in [7, 11) is 0. The Morgan fingerprint density at radius 1 is 0.867 bits per heavy atom. The van der Waals surface area contributed by atoms with Crippen molar-refractivity contribution in [3.8, 4) is 0 Å². The van der Waals surface area contributed by atoms with Gasteiger partial charge in [-0.3, -0.25) is 0 Å². The highest BCUT2D eigenvalue weighted by Gasteiger charge is 2.06. The first-order chi connectivity index (χ1) is 14.7. The van der Waals surface area contributed by atoms with E-state index in [0.29, 0.717) is 5.82 Å². The molecule has 0 atom stereocenters. The molecule has 0 aliphatic carbocycles. The second kappa shape index (κ2) is 14.8. The standard InChI is InChI=1S/C25H40N4O/c1-3-4-5-6-7-8-9-10-11-12-13-14-15-16-24-27-28-25(30)29(24)26-21-23-19-17-22(2)18-20-23/h17-21H,3-16H2,1-2H3,(H,28,30). The third-order valence-electron chi connectivity index (χ3n) is 5.62. The van der Waals surface area contributed by atoms with Gasteiger partial charge in [0.25, 0.3) is 0 Å². The summed E-state index contributed by atoms with van der Waals surface area (Å²) in [6.45, 7) is 4.32. The minimum atomic E-state index is -0.275. The van der Waals surface area contributed by atoms with Gasteiger partial charge in [-0.1, -0.05) is 114 Å². The number of aryl methyl sites for hydroxylation is 2. The molecule has 2 rings (SSSR count). The average Bonchev–Trinajstić information content (AvgIpc) is 3.10. The first kappa shape index (κ1) is 24.1. The van der Waals surface area contributed by atoms with Crippen molar-refractivity contribution in [1.82, 2.24) is 14.9 Å². The molecule has 0 amide bonds. The van der Waals surface area contributed by atoms with E-state index < -0.39 is 0 Å². The number of aromatic nitrogens is 3. The van der Waals surface area contributed by atoms with Crippen molar-refractivity contribution in [3.05, 3.63) is 51.7 Å². The molecule has 30 heavy (non-hydrogen) atoms. The van der Waals surface area contributed by atoms with Gasteiger partial charge < -0.3 is 0 Å². The SMILES string of the molecule is CCCCCCCCCCCCCCCc1n[nH]c(=O)n1N=Cc1ccc(C)cc1. The van der Waals surface area contributed by atoms with Crippen molar-refractivity contribution in [3.63, 3.8) is 0 Å². The van der Waals surface area contributed by atoms with Crippen molar-refractivity contribution in [1.29, 1.82) is 0 Å². The van der Waals surface area contributed by atoms with Gasteiger partial charge >= 0.3 is 5.69 Å². The lowest BCUT2D eigenvalue weighted by Crippen LogP contribution is -2.15. The zero-order valence-corrected chi connectivity index (χ0v) is 19.0. The highest BCUT2D eigenvalue weighted by molar-refractivity contribution is 5.79. The Morgan fingerprint density at radius 2 is 1.40 bits per heavy atom. The number of rotatable bonds is 16. The first-order valence-corrected chi connectivity index (χ1v) is 12.0. The highest BCUT2D eigenvalue weighted by Crippen LogP contribution is 2.13. The fraction of sp³-hybridized carbons (Fsp3) is 0.640. The van der Waals surface area contributed by atoms with Crippen LogP contribution in [0.1, 0.15) is 107 Å². The van der Waals surface area contributed by atoms with E-state index in [9.17, 15) is 4.79 Å². The molecular weight excluding hydrogens is 372 g/mol. The minimum Gasteiger partial charge on any atom is -0.244 e. The van der Waals surface area contributed by atoms with Crippen LogP contribution in [0.25, 0.3) is 0 Å². The van der Waals surface area contributed by atoms with E-state index in [1.54, 1.807) is 6.21 Å². The number of hydrogen-bond donors (Lipinski definition) is 1. The molecule has 0 unspecified atom stereocenters. The van der Waals surface area contributed by atoms with E-state index >= 15 is 0 Å². The van der Waals surface area contributed by atoms with Gasteiger partial charge in [0.2, 0.25) is 0 Å². The molecule has 0 aliphatic heterocycles. The summed E-state index contributed by atoms with van der Waals surface area (Å²) in [6.07, 6.45) is 19.8. The van der Waals surface area contributed by atoms with Crippen molar-refractivity contribution >= 4 is 6.21 Å². The molecule has 0 saturated heterocycles. The van der Waals surface area contributed by atoms with Gasteiger partial charge in [-0.05, 0) is 18.9 Å². The van der Waals surface area contributed by atoms with Crippen LogP contribution in [-0.2, 0) is 6.42 Å². The third-order valence-corrected chi connectivity index (χ3v) is 5.62. The lowest BCUT2D eigenvalue weighted by molar-refractivity contribution is 0.537. The van der Waals surface area contributed by atoms with Gasteiger partial charge in [0.1, 0.15) is 0 Å². The second-order valence-electron chi connectivity index (χ2n) is 8.40. The Hall–Kier alpha value is -2.17. The van der Waals surface area contributed by atoms with Crippen LogP contribution >= 0.6 is 0 Å². The van der Waals surface area contributed by atoms with Crippen LogP contribution in [0, 0.1) is 6.92 Å². The molecule has 166 valence electrons. The largest absolute Gasteiger partial charge is 0.364 e. The Morgan fingerprint density at radius 3 is 1.97 bits per heavy atom. The van der Waals surface area contributed by atoms with Gasteiger partial charge in [-0.2, -0.15) is 14.9 Å². The summed E-state index contributed by atoms with van der Waals surface area (Å²) >= 11 is 0. The Labute approximate surface area is 182 Å². The molecule has 1 aromatic carbocycles. The summed E-state index contributed by atoms with van der Waals surface area (Å²) in [4.78, 5) is 12.0. The van der Waals surface area contributed by atoms with E-state index in [4.69, 9.17) is 0 Å². The van der Waals surface area contributed by atoms with Gasteiger partial charge in [0, 0.05) is 6.42 Å². The fourth-order valence-electron chi connectivity index (χ4n) is 3.68. The quantitative estimate of drug-likeness (QED) is 0.256. The molecule has 0 bridgehead atoms. The second-order valence-corrected chi connectivity index (χ2v) is 8.40. The van der Waals surface area contributed by atoms with Crippen LogP contribution in [0.3, 0.4) is 0 Å². The number of benzene rings is 1. The maximum Gasteiger partial charge on any atom is 0.364 e. The molecule has 5 nitrogen and oxygen atoms in total. The molecule has 0 saturated carbocycles. The molecule has 0 radical (unpaired) electrons. The number of unbranched alkanes of at least 4 members (excludes halogenated alkanes) is 12. The lowest BCUT2D eigenvalue weighted by Gasteiger charge is -2.03.